The van der Waals surface area contributed by atoms with Gasteiger partial charge in [-0.05, 0) is 0 Å². The summed E-state index contributed by atoms with van der Waals surface area (Å²) in [5, 5.41) is 0. The molecule has 2 heteroatoms. The Morgan fingerprint density at radius 2 is 2.60 bits per heavy atom. The summed E-state index contributed by atoms with van der Waals surface area (Å²) in [6.45, 7) is 2.17. The van der Waals surface area contributed by atoms with E-state index in [9.17, 15) is 0 Å². The summed E-state index contributed by atoms with van der Waals surface area (Å²) in [4.78, 5) is 0. The van der Waals surface area contributed by atoms with Gasteiger partial charge in [0.25, 0.3) is 0 Å². The summed E-state index contributed by atoms with van der Waals surface area (Å²) in [6.07, 6.45) is 1.18. The maximum absolute atomic E-state index is 3.56. The molecule has 0 aliphatic rings. The summed E-state index contributed by atoms with van der Waals surface area (Å²) >= 11 is 0. The second kappa shape index (κ2) is 4.36. The number of hydrogen-bond donors (Lipinski definition) is 0. The van der Waals surface area contributed by atoms with Crippen molar-refractivity contribution in [2.75, 3.05) is 12.8 Å². The fraction of sp³-hybridized carbons (Fsp3) is 0.667. The third kappa shape index (κ3) is 4.36. The molecule has 0 aromatic rings. The predicted octanol–water partition coefficient (Wildman–Crippen LogP) is -0.00230. The van der Waals surface area contributed by atoms with Crippen LogP contribution in [0.2, 0.25) is 0 Å². The first-order valence-corrected chi connectivity index (χ1v) is 3.38. The van der Waals surface area contributed by atoms with Gasteiger partial charge in [-0.3, -0.25) is 0 Å². The molecule has 1 unspecified atom stereocenters. The normalized spacial score (nSPS) is 9.60. The Hall–Kier alpha value is 0.365. The molecular formula is C3H8BP. The first-order chi connectivity index (χ1) is 2.41. The van der Waals surface area contributed by atoms with Crippen molar-refractivity contribution < 1.29 is 0 Å². The molecule has 1 atom stereocenters. The Balaban J connectivity index is 2.40. The van der Waals surface area contributed by atoms with E-state index in [1.54, 1.807) is 0 Å². The first-order valence-electron chi connectivity index (χ1n) is 1.67. The van der Waals surface area contributed by atoms with Crippen molar-refractivity contribution in [3.8, 4) is 0 Å². The van der Waals surface area contributed by atoms with E-state index in [1.807, 2.05) is 5.97 Å². The van der Waals surface area contributed by atoms with Crippen LogP contribution in [0.25, 0.3) is 0 Å². The molecule has 0 aromatic heterocycles. The van der Waals surface area contributed by atoms with Gasteiger partial charge < -0.3 is 0 Å². The molecule has 0 N–H and O–H groups in total. The molecule has 0 fully saturated rings. The third-order valence-corrected chi connectivity index (χ3v) is 1.05. The third-order valence-electron chi connectivity index (χ3n) is 0.348. The van der Waals surface area contributed by atoms with Crippen molar-refractivity contribution >= 4 is 22.0 Å². The Kier molecular flexibility index (Phi) is 4.68. The molecule has 28 valence electrons. The first kappa shape index (κ1) is 5.36. The average molecular weight is 85.9 g/mol. The van der Waals surface area contributed by atoms with Crippen LogP contribution in [0, 0.1) is 0 Å². The summed E-state index contributed by atoms with van der Waals surface area (Å²) in [6, 6.07) is 0. The minimum atomic E-state index is 1.04. The molecule has 0 saturated heterocycles. The fourth-order valence-electron chi connectivity index (χ4n) is 0.144. The fourth-order valence-corrected chi connectivity index (χ4v) is 0.433. The molecule has 0 radical (unpaired) electrons. The number of rotatable bonds is 2. The van der Waals surface area contributed by atoms with E-state index in [2.05, 4.69) is 14.2 Å². The van der Waals surface area contributed by atoms with Crippen molar-refractivity contribution in [2.45, 2.75) is 0 Å². The summed E-state index contributed by atoms with van der Waals surface area (Å²) in [5.74, 6) is 1.94. The number of hydrogen-bond acceptors (Lipinski definition) is 0. The van der Waals surface area contributed by atoms with Gasteiger partial charge >= 0.3 is 34.9 Å². The van der Waals surface area contributed by atoms with Gasteiger partial charge in [0.15, 0.2) is 0 Å². The van der Waals surface area contributed by atoms with Gasteiger partial charge in [0.05, 0.1) is 0 Å². The Labute approximate surface area is 35.8 Å². The predicted molar refractivity (Wildman–Crippen MR) is 32.3 cm³/mol. The van der Waals surface area contributed by atoms with Crippen molar-refractivity contribution in [1.29, 1.82) is 0 Å². The molecule has 0 bridgehead atoms. The Morgan fingerprint density at radius 3 is 2.60 bits per heavy atom. The quantitative estimate of drug-likeness (QED) is 0.327. The summed E-state index contributed by atoms with van der Waals surface area (Å²) in [5.41, 5.74) is 0. The molecule has 0 aliphatic carbocycles. The van der Waals surface area contributed by atoms with Gasteiger partial charge in [-0.15, -0.1) is 0 Å². The van der Waals surface area contributed by atoms with Crippen LogP contribution in [0.3, 0.4) is 0 Å². The van der Waals surface area contributed by atoms with Gasteiger partial charge in [0, 0.05) is 0 Å². The van der Waals surface area contributed by atoms with E-state index in [0.717, 1.165) is 8.58 Å². The topological polar surface area (TPSA) is 0 Å². The van der Waals surface area contributed by atoms with E-state index in [0.29, 0.717) is 0 Å². The molecule has 0 nitrogen and oxygen atoms in total. The van der Waals surface area contributed by atoms with Crippen LogP contribution < -0.4 is 0 Å². The van der Waals surface area contributed by atoms with E-state index in [-0.39, 0.29) is 0 Å². The van der Waals surface area contributed by atoms with E-state index < -0.39 is 0 Å². The Morgan fingerprint density at radius 1 is 2.00 bits per heavy atom. The van der Waals surface area contributed by atoms with Crippen molar-refractivity contribution in [3.63, 3.8) is 0 Å². The van der Waals surface area contributed by atoms with Gasteiger partial charge in [-0.1, -0.05) is 0 Å². The van der Waals surface area contributed by atoms with Gasteiger partial charge in [-0.25, -0.2) is 0 Å². The molecule has 0 heterocycles. The second-order valence-corrected chi connectivity index (χ2v) is 1.96. The average Bonchev–Trinajstić information content (AvgIpc) is 1.41. The van der Waals surface area contributed by atoms with Crippen LogP contribution in [0.15, 0.2) is 0 Å². The van der Waals surface area contributed by atoms with Crippen LogP contribution in [0.1, 0.15) is 0 Å². The zero-order chi connectivity index (χ0) is 4.12. The van der Waals surface area contributed by atoms with Crippen LogP contribution >= 0.6 is 8.58 Å². The van der Waals surface area contributed by atoms with Gasteiger partial charge in [0.2, 0.25) is 0 Å². The summed E-state index contributed by atoms with van der Waals surface area (Å²) < 4.78 is 0. The van der Waals surface area contributed by atoms with Crippen LogP contribution in [0.5, 0.6) is 0 Å². The molecule has 0 aromatic carbocycles. The molecule has 0 spiro atoms. The molecule has 0 amide bonds. The molecule has 5 heavy (non-hydrogen) atoms. The zero-order valence-corrected chi connectivity index (χ0v) is 4.49. The van der Waals surface area contributed by atoms with Crippen LogP contribution in [0.4, 0.5) is 0 Å². The van der Waals surface area contributed by atoms with Crippen molar-refractivity contribution in [1.82, 2.24) is 0 Å². The van der Waals surface area contributed by atoms with E-state index in [4.69, 9.17) is 0 Å². The van der Waals surface area contributed by atoms with Crippen molar-refractivity contribution in [3.05, 3.63) is 0 Å². The SMILES string of the molecule is B=CCPC. The molecule has 0 aliphatic heterocycles. The van der Waals surface area contributed by atoms with E-state index in [1.165, 1.54) is 6.16 Å². The van der Waals surface area contributed by atoms with Crippen LogP contribution in [-0.2, 0) is 0 Å². The monoisotopic (exact) mass is 86.0 g/mol. The summed E-state index contributed by atoms with van der Waals surface area (Å²) in [7, 11) is 4.60. The standard InChI is InChI=1S/C3H8BP/c1-5-3-2-4/h2,4-5H,3H2,1H3. The minimum absolute atomic E-state index is 1.04. The second-order valence-electron chi connectivity index (χ2n) is 0.846. The molecule has 0 rings (SSSR count). The van der Waals surface area contributed by atoms with Gasteiger partial charge in [-0.2, -0.15) is 0 Å². The van der Waals surface area contributed by atoms with Crippen LogP contribution in [-0.4, -0.2) is 26.3 Å². The zero-order valence-electron chi connectivity index (χ0n) is 3.49. The molecular weight excluding hydrogens is 77.8 g/mol. The maximum atomic E-state index is 3.56. The molecule has 0 saturated carbocycles. The van der Waals surface area contributed by atoms with Crippen molar-refractivity contribution in [2.24, 2.45) is 0 Å². The Bertz CT molecular complexity index is 28.1. The van der Waals surface area contributed by atoms with Gasteiger partial charge in [0.1, 0.15) is 0 Å². The van der Waals surface area contributed by atoms with E-state index >= 15 is 0 Å².